The molecule has 4 nitrogen and oxygen atoms in total. The largest absolute Gasteiger partial charge is 0.486 e. The lowest BCUT2D eigenvalue weighted by molar-refractivity contribution is 0.171. The van der Waals surface area contributed by atoms with Gasteiger partial charge in [-0.2, -0.15) is 0 Å². The highest BCUT2D eigenvalue weighted by Gasteiger charge is 2.19. The number of aliphatic hydroxyl groups is 1. The highest BCUT2D eigenvalue weighted by molar-refractivity contribution is 6.31. The van der Waals surface area contributed by atoms with Crippen molar-refractivity contribution in [2.24, 2.45) is 0 Å². The Morgan fingerprint density at radius 2 is 1.87 bits per heavy atom. The van der Waals surface area contributed by atoms with Crippen LogP contribution in [0.5, 0.6) is 11.5 Å². The molecule has 1 aliphatic heterocycles. The number of aliphatic hydroxyl groups excluding tert-OH is 1. The molecule has 0 fully saturated rings. The molecule has 1 heterocycles. The van der Waals surface area contributed by atoms with Crippen molar-refractivity contribution in [1.82, 2.24) is 5.32 Å². The Bertz CT molecular complexity index is 662. The van der Waals surface area contributed by atoms with E-state index in [4.69, 9.17) is 26.2 Å². The first-order chi connectivity index (χ1) is 11.3. The molecule has 1 atom stereocenters. The number of halogens is 1. The van der Waals surface area contributed by atoms with Gasteiger partial charge in [-0.1, -0.05) is 35.9 Å². The lowest BCUT2D eigenvalue weighted by atomic mass is 9.98. The fourth-order valence-corrected chi connectivity index (χ4v) is 2.93. The second-order valence-electron chi connectivity index (χ2n) is 5.39. The predicted molar refractivity (Wildman–Crippen MR) is 90.4 cm³/mol. The number of rotatable bonds is 6. The first kappa shape index (κ1) is 16.1. The van der Waals surface area contributed by atoms with Gasteiger partial charge in [-0.3, -0.25) is 0 Å². The van der Waals surface area contributed by atoms with E-state index in [0.29, 0.717) is 31.2 Å². The molecule has 0 spiro atoms. The molecule has 1 unspecified atom stereocenters. The Hall–Kier alpha value is -1.75. The fourth-order valence-electron chi connectivity index (χ4n) is 2.68. The number of benzene rings is 2. The van der Waals surface area contributed by atoms with Gasteiger partial charge in [0.1, 0.15) is 13.2 Å². The summed E-state index contributed by atoms with van der Waals surface area (Å²) in [6, 6.07) is 13.7. The van der Waals surface area contributed by atoms with Crippen LogP contribution in [0.4, 0.5) is 0 Å². The molecule has 1 aliphatic rings. The van der Waals surface area contributed by atoms with Gasteiger partial charge in [-0.05, 0) is 42.3 Å². The number of hydrogen-bond donors (Lipinski definition) is 2. The van der Waals surface area contributed by atoms with Crippen molar-refractivity contribution in [2.45, 2.75) is 12.5 Å². The monoisotopic (exact) mass is 333 g/mol. The lowest BCUT2D eigenvalue weighted by Gasteiger charge is -2.24. The summed E-state index contributed by atoms with van der Waals surface area (Å²) in [6.45, 7) is 1.99. The number of hydrogen-bond acceptors (Lipinski definition) is 4. The molecule has 23 heavy (non-hydrogen) atoms. The van der Waals surface area contributed by atoms with Crippen LogP contribution in [0.15, 0.2) is 42.5 Å². The molecule has 0 aliphatic carbocycles. The van der Waals surface area contributed by atoms with Gasteiger partial charge < -0.3 is 19.9 Å². The summed E-state index contributed by atoms with van der Waals surface area (Å²) < 4.78 is 11.3. The van der Waals surface area contributed by atoms with Crippen LogP contribution in [0, 0.1) is 0 Å². The van der Waals surface area contributed by atoms with Crippen LogP contribution in [-0.2, 0) is 0 Å². The minimum atomic E-state index is -0.0638. The van der Waals surface area contributed by atoms with Gasteiger partial charge in [-0.15, -0.1) is 0 Å². The van der Waals surface area contributed by atoms with Crippen LogP contribution in [0.3, 0.4) is 0 Å². The molecular formula is C18H20ClNO3. The molecule has 0 saturated carbocycles. The van der Waals surface area contributed by atoms with E-state index in [1.807, 2.05) is 42.5 Å². The van der Waals surface area contributed by atoms with Crippen LogP contribution >= 0.6 is 11.6 Å². The maximum Gasteiger partial charge on any atom is 0.161 e. The van der Waals surface area contributed by atoms with Gasteiger partial charge in [0.15, 0.2) is 11.5 Å². The van der Waals surface area contributed by atoms with Crippen LogP contribution in [-0.4, -0.2) is 31.5 Å². The fraction of sp³-hybridized carbons (Fsp3) is 0.333. The number of nitrogens with one attached hydrogen (secondary N) is 1. The third-order valence-electron chi connectivity index (χ3n) is 3.80. The Morgan fingerprint density at radius 1 is 1.09 bits per heavy atom. The summed E-state index contributed by atoms with van der Waals surface area (Å²) in [5.41, 5.74) is 2.06. The zero-order valence-corrected chi connectivity index (χ0v) is 13.6. The van der Waals surface area contributed by atoms with E-state index in [2.05, 4.69) is 5.32 Å². The summed E-state index contributed by atoms with van der Waals surface area (Å²) in [5, 5.41) is 13.2. The molecule has 2 aromatic rings. The van der Waals surface area contributed by atoms with Crippen molar-refractivity contribution in [1.29, 1.82) is 0 Å². The topological polar surface area (TPSA) is 50.7 Å². The van der Waals surface area contributed by atoms with Crippen molar-refractivity contribution >= 4 is 11.6 Å². The molecule has 0 saturated heterocycles. The Balaban J connectivity index is 1.93. The van der Waals surface area contributed by atoms with Crippen molar-refractivity contribution in [3.05, 3.63) is 58.6 Å². The van der Waals surface area contributed by atoms with E-state index in [1.54, 1.807) is 0 Å². The molecule has 2 N–H and O–H groups in total. The molecule has 0 amide bonds. The molecule has 5 heteroatoms. The first-order valence-electron chi connectivity index (χ1n) is 7.78. The van der Waals surface area contributed by atoms with Gasteiger partial charge in [0.2, 0.25) is 0 Å². The average molecular weight is 334 g/mol. The summed E-state index contributed by atoms with van der Waals surface area (Å²) in [7, 11) is 0. The molecular weight excluding hydrogens is 314 g/mol. The minimum absolute atomic E-state index is 0.0638. The van der Waals surface area contributed by atoms with Crippen LogP contribution in [0.1, 0.15) is 23.6 Å². The van der Waals surface area contributed by atoms with E-state index in [0.717, 1.165) is 22.6 Å². The van der Waals surface area contributed by atoms with E-state index in [9.17, 15) is 0 Å². The highest BCUT2D eigenvalue weighted by Crippen LogP contribution is 2.35. The van der Waals surface area contributed by atoms with Crippen molar-refractivity contribution in [3.63, 3.8) is 0 Å². The number of fused-ring (bicyclic) bond motifs is 1. The molecule has 0 radical (unpaired) electrons. The van der Waals surface area contributed by atoms with E-state index >= 15 is 0 Å². The minimum Gasteiger partial charge on any atom is -0.486 e. The molecule has 3 rings (SSSR count). The summed E-state index contributed by atoms with van der Waals surface area (Å²) >= 11 is 6.38. The van der Waals surface area contributed by atoms with E-state index in [1.165, 1.54) is 0 Å². The SMILES string of the molecule is OCCCNC(c1ccc2c(c1)OCCO2)c1ccccc1Cl. The average Bonchev–Trinajstić information content (AvgIpc) is 2.59. The Labute approximate surface area is 141 Å². The van der Waals surface area contributed by atoms with Crippen molar-refractivity contribution in [2.75, 3.05) is 26.4 Å². The van der Waals surface area contributed by atoms with Crippen LogP contribution in [0.25, 0.3) is 0 Å². The lowest BCUT2D eigenvalue weighted by Crippen LogP contribution is -2.25. The number of ether oxygens (including phenoxy) is 2. The quantitative estimate of drug-likeness (QED) is 0.797. The molecule has 122 valence electrons. The smallest absolute Gasteiger partial charge is 0.161 e. The second-order valence-corrected chi connectivity index (χ2v) is 5.80. The molecule has 0 aromatic heterocycles. The predicted octanol–water partition coefficient (Wildman–Crippen LogP) is 3.17. The zero-order chi connectivity index (χ0) is 16.1. The van der Waals surface area contributed by atoms with Gasteiger partial charge in [0, 0.05) is 11.6 Å². The van der Waals surface area contributed by atoms with E-state index in [-0.39, 0.29) is 12.6 Å². The summed E-state index contributed by atoms with van der Waals surface area (Å²) in [5.74, 6) is 1.53. The van der Waals surface area contributed by atoms with Crippen molar-refractivity contribution in [3.8, 4) is 11.5 Å². The normalized spacial score (nSPS) is 14.5. The Kier molecular flexibility index (Phi) is 5.39. The maximum absolute atomic E-state index is 9.03. The third kappa shape index (κ3) is 3.78. The first-order valence-corrected chi connectivity index (χ1v) is 8.15. The van der Waals surface area contributed by atoms with Crippen molar-refractivity contribution < 1.29 is 14.6 Å². The van der Waals surface area contributed by atoms with Gasteiger partial charge in [0.05, 0.1) is 6.04 Å². The highest BCUT2D eigenvalue weighted by atomic mass is 35.5. The van der Waals surface area contributed by atoms with Gasteiger partial charge >= 0.3 is 0 Å². The van der Waals surface area contributed by atoms with E-state index < -0.39 is 0 Å². The van der Waals surface area contributed by atoms with Crippen LogP contribution < -0.4 is 14.8 Å². The second kappa shape index (κ2) is 7.68. The summed E-state index contributed by atoms with van der Waals surface area (Å²) in [4.78, 5) is 0. The Morgan fingerprint density at radius 3 is 2.65 bits per heavy atom. The zero-order valence-electron chi connectivity index (χ0n) is 12.8. The van der Waals surface area contributed by atoms with Gasteiger partial charge in [-0.25, -0.2) is 0 Å². The molecule has 2 aromatic carbocycles. The molecule has 0 bridgehead atoms. The maximum atomic E-state index is 9.03. The summed E-state index contributed by atoms with van der Waals surface area (Å²) in [6.07, 6.45) is 0.686. The third-order valence-corrected chi connectivity index (χ3v) is 4.14. The van der Waals surface area contributed by atoms with Crippen LogP contribution in [0.2, 0.25) is 5.02 Å². The standard InChI is InChI=1S/C18H20ClNO3/c19-15-5-2-1-4-14(15)18(20-8-3-9-21)13-6-7-16-17(12-13)23-11-10-22-16/h1-2,4-7,12,18,20-21H,3,8-11H2. The van der Waals surface area contributed by atoms with Gasteiger partial charge in [0.25, 0.3) is 0 Å².